The van der Waals surface area contributed by atoms with Crippen molar-refractivity contribution in [3.05, 3.63) is 101 Å². The van der Waals surface area contributed by atoms with E-state index in [0.29, 0.717) is 16.8 Å². The molecular formula is C24H20FN3O2. The van der Waals surface area contributed by atoms with Gasteiger partial charge in [0.1, 0.15) is 11.5 Å². The van der Waals surface area contributed by atoms with Gasteiger partial charge in [-0.1, -0.05) is 23.8 Å². The van der Waals surface area contributed by atoms with Crippen LogP contribution in [0.15, 0.2) is 72.7 Å². The quantitative estimate of drug-likeness (QED) is 0.650. The van der Waals surface area contributed by atoms with Gasteiger partial charge < -0.3 is 5.32 Å². The van der Waals surface area contributed by atoms with Crippen molar-refractivity contribution in [2.24, 2.45) is 0 Å². The minimum atomic E-state index is -0.420. The van der Waals surface area contributed by atoms with Gasteiger partial charge in [0.05, 0.1) is 12.1 Å². The summed E-state index contributed by atoms with van der Waals surface area (Å²) in [5.41, 5.74) is 4.49. The topological polar surface area (TPSA) is 62.3 Å². The Hall–Kier alpha value is -3.80. The van der Waals surface area contributed by atoms with Crippen LogP contribution in [0.5, 0.6) is 0 Å². The van der Waals surface area contributed by atoms with Crippen LogP contribution in [-0.2, 0) is 16.1 Å². The van der Waals surface area contributed by atoms with Gasteiger partial charge in [-0.25, -0.2) is 4.39 Å². The number of hydrogen-bond donors (Lipinski definition) is 1. The summed E-state index contributed by atoms with van der Waals surface area (Å²) < 4.78 is 13.3. The zero-order valence-electron chi connectivity index (χ0n) is 16.6. The third kappa shape index (κ3) is 3.72. The Morgan fingerprint density at radius 2 is 1.63 bits per heavy atom. The van der Waals surface area contributed by atoms with Crippen LogP contribution in [0.2, 0.25) is 0 Å². The van der Waals surface area contributed by atoms with Crippen molar-refractivity contribution in [1.82, 2.24) is 9.88 Å². The summed E-state index contributed by atoms with van der Waals surface area (Å²) in [5, 5.41) is 3.04. The van der Waals surface area contributed by atoms with Crippen molar-refractivity contribution in [2.45, 2.75) is 20.4 Å². The molecule has 0 unspecified atom stereocenters. The van der Waals surface area contributed by atoms with Crippen molar-refractivity contribution >= 4 is 23.1 Å². The molecule has 0 saturated carbocycles. The molecule has 0 atom stereocenters. The second-order valence-electron chi connectivity index (χ2n) is 7.25. The molecular weight excluding hydrogens is 381 g/mol. The zero-order chi connectivity index (χ0) is 21.3. The first-order chi connectivity index (χ1) is 14.4. The van der Waals surface area contributed by atoms with Crippen LogP contribution < -0.4 is 5.32 Å². The molecule has 0 radical (unpaired) electrons. The number of hydrogen-bond acceptors (Lipinski definition) is 4. The lowest BCUT2D eigenvalue weighted by molar-refractivity contribution is -0.137. The number of carbonyl (C=O) groups is 2. The number of aromatic nitrogens is 1. The van der Waals surface area contributed by atoms with Gasteiger partial charge in [0, 0.05) is 18.1 Å². The Balaban J connectivity index is 1.78. The van der Waals surface area contributed by atoms with Crippen molar-refractivity contribution in [2.75, 3.05) is 5.32 Å². The summed E-state index contributed by atoms with van der Waals surface area (Å²) in [6.07, 6.45) is 3.24. The van der Waals surface area contributed by atoms with Crippen molar-refractivity contribution in [3.8, 4) is 0 Å². The van der Waals surface area contributed by atoms with Crippen molar-refractivity contribution in [1.29, 1.82) is 0 Å². The molecule has 1 aromatic heterocycles. The predicted octanol–water partition coefficient (Wildman–Crippen LogP) is 4.23. The van der Waals surface area contributed by atoms with E-state index in [1.165, 1.54) is 29.2 Å². The molecule has 4 rings (SSSR count). The number of carbonyl (C=O) groups excluding carboxylic acids is 2. The molecule has 2 heterocycles. The lowest BCUT2D eigenvalue weighted by Crippen LogP contribution is -2.32. The van der Waals surface area contributed by atoms with Crippen LogP contribution in [0.1, 0.15) is 22.3 Å². The summed E-state index contributed by atoms with van der Waals surface area (Å²) in [7, 11) is 0. The minimum Gasteiger partial charge on any atom is -0.350 e. The fourth-order valence-corrected chi connectivity index (χ4v) is 3.53. The normalized spacial score (nSPS) is 13.9. The Bertz CT molecular complexity index is 1150. The lowest BCUT2D eigenvalue weighted by atomic mass is 9.97. The molecule has 0 spiro atoms. The van der Waals surface area contributed by atoms with Gasteiger partial charge in [-0.3, -0.25) is 19.5 Å². The van der Waals surface area contributed by atoms with E-state index in [1.54, 1.807) is 24.5 Å². The number of rotatable bonds is 5. The second kappa shape index (κ2) is 7.91. The van der Waals surface area contributed by atoms with Crippen molar-refractivity contribution < 1.29 is 14.0 Å². The molecule has 5 nitrogen and oxygen atoms in total. The maximum absolute atomic E-state index is 13.3. The number of amides is 2. The van der Waals surface area contributed by atoms with Crippen LogP contribution in [0.3, 0.4) is 0 Å². The number of pyridine rings is 1. The maximum atomic E-state index is 13.3. The van der Waals surface area contributed by atoms with Gasteiger partial charge in [0.15, 0.2) is 0 Å². The smallest absolute Gasteiger partial charge is 0.278 e. The van der Waals surface area contributed by atoms with Gasteiger partial charge in [-0.15, -0.1) is 0 Å². The van der Waals surface area contributed by atoms with E-state index < -0.39 is 5.91 Å². The van der Waals surface area contributed by atoms with Crippen LogP contribution in [-0.4, -0.2) is 21.7 Å². The average Bonchev–Trinajstić information content (AvgIpc) is 2.95. The molecule has 1 N–H and O–H groups in total. The Morgan fingerprint density at radius 1 is 0.933 bits per heavy atom. The largest absolute Gasteiger partial charge is 0.350 e. The highest BCUT2D eigenvalue weighted by atomic mass is 19.1. The van der Waals surface area contributed by atoms with Gasteiger partial charge in [0.25, 0.3) is 11.8 Å². The summed E-state index contributed by atoms with van der Waals surface area (Å²) in [6.45, 7) is 4.03. The predicted molar refractivity (Wildman–Crippen MR) is 113 cm³/mol. The number of nitrogens with zero attached hydrogens (tertiary/aromatic N) is 2. The van der Waals surface area contributed by atoms with E-state index >= 15 is 0 Å². The molecule has 0 bridgehead atoms. The molecule has 2 amide bonds. The first-order valence-electron chi connectivity index (χ1n) is 9.53. The molecule has 2 aromatic carbocycles. The monoisotopic (exact) mass is 401 g/mol. The molecule has 3 aromatic rings. The first kappa shape index (κ1) is 19.5. The number of halogens is 1. The third-order valence-corrected chi connectivity index (χ3v) is 5.02. The van der Waals surface area contributed by atoms with E-state index in [4.69, 9.17) is 0 Å². The summed E-state index contributed by atoms with van der Waals surface area (Å²) in [4.78, 5) is 31.8. The van der Waals surface area contributed by atoms with E-state index in [-0.39, 0.29) is 24.0 Å². The summed E-state index contributed by atoms with van der Waals surface area (Å²) in [6, 6.07) is 14.9. The van der Waals surface area contributed by atoms with Crippen LogP contribution >= 0.6 is 0 Å². The van der Waals surface area contributed by atoms with E-state index in [2.05, 4.69) is 10.3 Å². The number of aryl methyl sites for hydroxylation is 2. The molecule has 1 aliphatic rings. The molecule has 30 heavy (non-hydrogen) atoms. The van der Waals surface area contributed by atoms with Crippen LogP contribution in [0.4, 0.5) is 10.1 Å². The van der Waals surface area contributed by atoms with Crippen molar-refractivity contribution in [3.63, 3.8) is 0 Å². The molecule has 0 aliphatic carbocycles. The standard InChI is InChI=1S/C24H20FN3O2/c1-15-3-8-20(16(2)13-15)21-22(27-19-6-4-18(25)5-7-19)24(30)28(23(21)29)14-17-9-11-26-12-10-17/h3-13,27H,14H2,1-2H3. The summed E-state index contributed by atoms with van der Waals surface area (Å²) >= 11 is 0. The average molecular weight is 401 g/mol. The van der Waals surface area contributed by atoms with Gasteiger partial charge in [0.2, 0.25) is 0 Å². The summed E-state index contributed by atoms with van der Waals surface area (Å²) in [5.74, 6) is -1.17. The first-order valence-corrected chi connectivity index (χ1v) is 9.53. The fourth-order valence-electron chi connectivity index (χ4n) is 3.53. The van der Waals surface area contributed by atoms with E-state index in [0.717, 1.165) is 16.7 Å². The van der Waals surface area contributed by atoms with Gasteiger partial charge >= 0.3 is 0 Å². The highest BCUT2D eigenvalue weighted by Gasteiger charge is 2.39. The van der Waals surface area contributed by atoms with E-state index in [1.807, 2.05) is 32.0 Å². The molecule has 0 fully saturated rings. The Kier molecular flexibility index (Phi) is 5.14. The SMILES string of the molecule is Cc1ccc(C2=C(Nc3ccc(F)cc3)C(=O)N(Cc3ccncc3)C2=O)c(C)c1. The third-order valence-electron chi connectivity index (χ3n) is 5.02. The second-order valence-corrected chi connectivity index (χ2v) is 7.25. The maximum Gasteiger partial charge on any atom is 0.278 e. The Labute approximate surface area is 173 Å². The fraction of sp³-hybridized carbons (Fsp3) is 0.125. The van der Waals surface area contributed by atoms with Gasteiger partial charge in [-0.2, -0.15) is 0 Å². The van der Waals surface area contributed by atoms with Crippen LogP contribution in [0, 0.1) is 19.7 Å². The highest BCUT2D eigenvalue weighted by molar-refractivity contribution is 6.36. The highest BCUT2D eigenvalue weighted by Crippen LogP contribution is 2.33. The molecule has 6 heteroatoms. The molecule has 150 valence electrons. The number of benzene rings is 2. The number of anilines is 1. The van der Waals surface area contributed by atoms with Gasteiger partial charge in [-0.05, 0) is 66.9 Å². The lowest BCUT2D eigenvalue weighted by Gasteiger charge is -2.15. The van der Waals surface area contributed by atoms with Crippen LogP contribution in [0.25, 0.3) is 5.57 Å². The number of nitrogens with one attached hydrogen (secondary N) is 1. The minimum absolute atomic E-state index is 0.142. The number of imide groups is 1. The Morgan fingerprint density at radius 3 is 2.30 bits per heavy atom. The molecule has 0 saturated heterocycles. The zero-order valence-corrected chi connectivity index (χ0v) is 16.6. The van der Waals surface area contributed by atoms with E-state index in [9.17, 15) is 14.0 Å². The molecule has 1 aliphatic heterocycles.